The highest BCUT2D eigenvalue weighted by Crippen LogP contribution is 2.50. The van der Waals surface area contributed by atoms with Gasteiger partial charge in [0.15, 0.2) is 11.5 Å². The number of nitrogens with one attached hydrogen (secondary N) is 1. The van der Waals surface area contributed by atoms with Gasteiger partial charge in [-0.3, -0.25) is 4.79 Å². The first kappa shape index (κ1) is 21.2. The van der Waals surface area contributed by atoms with Crippen LogP contribution in [-0.4, -0.2) is 22.6 Å². The molecular weight excluding hydrogens is 455 g/mol. The lowest BCUT2D eigenvalue weighted by Crippen LogP contribution is -2.30. The SMILES string of the molecule is O=C1C2=C(CCCC2)[C@@H](c2c(-c3ccc(F)cc3)[nH]c3ccccc23)N1Cc1ccc2c(c1)OCO2. The highest BCUT2D eigenvalue weighted by Gasteiger charge is 2.42. The van der Waals surface area contributed by atoms with E-state index in [0.29, 0.717) is 12.3 Å². The summed E-state index contributed by atoms with van der Waals surface area (Å²) in [5.41, 5.74) is 7.11. The number of carbonyl (C=O) groups is 1. The van der Waals surface area contributed by atoms with Gasteiger partial charge in [-0.15, -0.1) is 0 Å². The number of benzene rings is 3. The van der Waals surface area contributed by atoms with Crippen LogP contribution in [-0.2, 0) is 11.3 Å². The monoisotopic (exact) mass is 480 g/mol. The molecule has 5 nitrogen and oxygen atoms in total. The summed E-state index contributed by atoms with van der Waals surface area (Å²) >= 11 is 0. The van der Waals surface area contributed by atoms with E-state index in [1.54, 1.807) is 12.1 Å². The molecule has 1 atom stereocenters. The third kappa shape index (κ3) is 3.32. The molecule has 2 aliphatic heterocycles. The molecule has 180 valence electrons. The molecule has 3 aromatic carbocycles. The third-order valence-corrected chi connectivity index (χ3v) is 7.61. The average molecular weight is 481 g/mol. The molecule has 1 N–H and O–H groups in total. The number of para-hydroxylation sites is 1. The van der Waals surface area contributed by atoms with Crippen molar-refractivity contribution in [1.82, 2.24) is 9.88 Å². The Balaban J connectivity index is 1.40. The van der Waals surface area contributed by atoms with Crippen LogP contribution in [0.15, 0.2) is 77.9 Å². The summed E-state index contributed by atoms with van der Waals surface area (Å²) in [6.07, 6.45) is 3.84. The Morgan fingerprint density at radius 2 is 1.75 bits per heavy atom. The lowest BCUT2D eigenvalue weighted by Gasteiger charge is -2.29. The van der Waals surface area contributed by atoms with Crippen molar-refractivity contribution in [2.45, 2.75) is 38.3 Å². The van der Waals surface area contributed by atoms with Crippen molar-refractivity contribution in [3.05, 3.63) is 94.8 Å². The van der Waals surface area contributed by atoms with E-state index in [9.17, 15) is 9.18 Å². The van der Waals surface area contributed by atoms with Crippen LogP contribution in [0, 0.1) is 5.82 Å². The van der Waals surface area contributed by atoms with Gasteiger partial charge < -0.3 is 19.4 Å². The zero-order valence-corrected chi connectivity index (χ0v) is 19.7. The van der Waals surface area contributed by atoms with Crippen LogP contribution in [0.5, 0.6) is 11.5 Å². The van der Waals surface area contributed by atoms with Crippen LogP contribution in [0.3, 0.4) is 0 Å². The van der Waals surface area contributed by atoms with Crippen LogP contribution >= 0.6 is 0 Å². The maximum Gasteiger partial charge on any atom is 0.250 e. The van der Waals surface area contributed by atoms with Crippen LogP contribution in [0.4, 0.5) is 4.39 Å². The molecule has 3 aliphatic rings. The number of halogens is 1. The van der Waals surface area contributed by atoms with Crippen LogP contribution < -0.4 is 9.47 Å². The minimum atomic E-state index is -0.269. The molecule has 0 saturated carbocycles. The molecule has 4 aromatic rings. The molecule has 0 fully saturated rings. The number of hydrogen-bond acceptors (Lipinski definition) is 3. The molecule has 36 heavy (non-hydrogen) atoms. The van der Waals surface area contributed by atoms with Crippen molar-refractivity contribution in [3.63, 3.8) is 0 Å². The summed E-state index contributed by atoms with van der Waals surface area (Å²) < 4.78 is 24.9. The number of fused-ring (bicyclic) bond motifs is 2. The highest BCUT2D eigenvalue weighted by atomic mass is 19.1. The number of ether oxygens (including phenoxy) is 2. The Hall–Kier alpha value is -4.06. The molecule has 0 saturated heterocycles. The number of nitrogens with zero attached hydrogens (tertiary/aromatic N) is 1. The number of hydrogen-bond donors (Lipinski definition) is 1. The van der Waals surface area contributed by atoms with E-state index < -0.39 is 0 Å². The van der Waals surface area contributed by atoms with Gasteiger partial charge in [0, 0.05) is 28.6 Å². The van der Waals surface area contributed by atoms with Gasteiger partial charge in [0.25, 0.3) is 5.91 Å². The van der Waals surface area contributed by atoms with Crippen molar-refractivity contribution < 1.29 is 18.7 Å². The smallest absolute Gasteiger partial charge is 0.250 e. The Bertz CT molecular complexity index is 1540. The van der Waals surface area contributed by atoms with E-state index in [0.717, 1.165) is 70.3 Å². The lowest BCUT2D eigenvalue weighted by molar-refractivity contribution is -0.127. The molecular formula is C30H25FN2O3. The number of aromatic nitrogens is 1. The van der Waals surface area contributed by atoms with Gasteiger partial charge >= 0.3 is 0 Å². The molecule has 7 rings (SSSR count). The number of amides is 1. The summed E-state index contributed by atoms with van der Waals surface area (Å²) in [5, 5.41) is 1.09. The van der Waals surface area contributed by atoms with Crippen molar-refractivity contribution in [1.29, 1.82) is 0 Å². The average Bonchev–Trinajstić information content (AvgIpc) is 3.59. The predicted octanol–water partition coefficient (Wildman–Crippen LogP) is 6.66. The highest BCUT2D eigenvalue weighted by molar-refractivity contribution is 6.00. The summed E-state index contributed by atoms with van der Waals surface area (Å²) in [7, 11) is 0. The molecule has 0 bridgehead atoms. The van der Waals surface area contributed by atoms with Gasteiger partial charge in [0.1, 0.15) is 5.82 Å². The summed E-state index contributed by atoms with van der Waals surface area (Å²) in [5.74, 6) is 1.29. The van der Waals surface area contributed by atoms with E-state index in [4.69, 9.17) is 9.47 Å². The zero-order valence-electron chi connectivity index (χ0n) is 19.7. The van der Waals surface area contributed by atoms with E-state index >= 15 is 0 Å². The first-order valence-electron chi connectivity index (χ1n) is 12.5. The molecule has 1 aliphatic carbocycles. The number of carbonyl (C=O) groups excluding carboxylic acids is 1. The molecule has 0 unspecified atom stereocenters. The lowest BCUT2D eigenvalue weighted by atomic mass is 9.86. The molecule has 1 aromatic heterocycles. The van der Waals surface area contributed by atoms with Gasteiger partial charge in [-0.1, -0.05) is 24.3 Å². The van der Waals surface area contributed by atoms with Gasteiger partial charge in [-0.05, 0) is 84.8 Å². The number of rotatable bonds is 4. The molecule has 3 heterocycles. The minimum Gasteiger partial charge on any atom is -0.454 e. The fourth-order valence-corrected chi connectivity index (χ4v) is 5.97. The maximum atomic E-state index is 13.9. The normalized spacial score (nSPS) is 18.9. The van der Waals surface area contributed by atoms with Crippen LogP contribution in [0.25, 0.3) is 22.2 Å². The Morgan fingerprint density at radius 3 is 2.64 bits per heavy atom. The summed E-state index contributed by atoms with van der Waals surface area (Å²) in [6.45, 7) is 0.686. The zero-order chi connectivity index (χ0) is 24.2. The topological polar surface area (TPSA) is 54.6 Å². The molecule has 0 radical (unpaired) electrons. The second kappa shape index (κ2) is 8.26. The van der Waals surface area contributed by atoms with E-state index in [1.165, 1.54) is 17.7 Å². The van der Waals surface area contributed by atoms with Gasteiger partial charge in [0.2, 0.25) is 6.79 Å². The standard InChI is InChI=1S/C30H25FN2O3/c31-20-12-10-19(11-13-20)28-27(23-7-3-4-8-24(23)32-28)29-21-5-1-2-6-22(21)30(34)33(29)16-18-9-14-25-26(15-18)36-17-35-25/h3-4,7-15,29,32H,1-2,5-6,16-17H2/t29-/m0/s1. The fraction of sp³-hybridized carbons (Fsp3) is 0.233. The van der Waals surface area contributed by atoms with E-state index in [1.807, 2.05) is 35.2 Å². The van der Waals surface area contributed by atoms with Crippen molar-refractivity contribution >= 4 is 16.8 Å². The second-order valence-electron chi connectivity index (χ2n) is 9.70. The molecule has 6 heteroatoms. The Morgan fingerprint density at radius 1 is 0.944 bits per heavy atom. The predicted molar refractivity (Wildman–Crippen MR) is 135 cm³/mol. The fourth-order valence-electron chi connectivity index (χ4n) is 5.97. The van der Waals surface area contributed by atoms with Crippen molar-refractivity contribution in [2.24, 2.45) is 0 Å². The van der Waals surface area contributed by atoms with Crippen molar-refractivity contribution in [2.75, 3.05) is 6.79 Å². The van der Waals surface area contributed by atoms with Crippen LogP contribution in [0.2, 0.25) is 0 Å². The van der Waals surface area contributed by atoms with Crippen LogP contribution in [0.1, 0.15) is 42.9 Å². The maximum absolute atomic E-state index is 13.9. The quantitative estimate of drug-likeness (QED) is 0.356. The number of aromatic amines is 1. The van der Waals surface area contributed by atoms with Gasteiger partial charge in [-0.25, -0.2) is 4.39 Å². The van der Waals surface area contributed by atoms with E-state index in [-0.39, 0.29) is 24.6 Å². The largest absolute Gasteiger partial charge is 0.454 e. The van der Waals surface area contributed by atoms with Gasteiger partial charge in [0.05, 0.1) is 11.7 Å². The summed E-state index contributed by atoms with van der Waals surface area (Å²) in [4.78, 5) is 19.5. The third-order valence-electron chi connectivity index (χ3n) is 7.61. The van der Waals surface area contributed by atoms with E-state index in [2.05, 4.69) is 17.1 Å². The molecule has 1 amide bonds. The summed E-state index contributed by atoms with van der Waals surface area (Å²) in [6, 6.07) is 20.5. The second-order valence-corrected chi connectivity index (χ2v) is 9.70. The number of H-pyrrole nitrogens is 1. The van der Waals surface area contributed by atoms with Gasteiger partial charge in [-0.2, -0.15) is 0 Å². The first-order chi connectivity index (χ1) is 17.7. The minimum absolute atomic E-state index is 0.114. The Kier molecular flexibility index (Phi) is 4.87. The molecule has 0 spiro atoms. The van der Waals surface area contributed by atoms with Crippen molar-refractivity contribution in [3.8, 4) is 22.8 Å². The first-order valence-corrected chi connectivity index (χ1v) is 12.5. The Labute approximate surface area is 208 Å².